The van der Waals surface area contributed by atoms with Crippen molar-refractivity contribution in [2.75, 3.05) is 46.0 Å². The SMILES string of the molecule is CCOc1ccc(C2C(=C(O)c3ccc(C)cc3)C(=O)C(=O)N2CCCN2CCOCC2)cc1. The second-order valence-corrected chi connectivity index (χ2v) is 8.67. The van der Waals surface area contributed by atoms with Crippen molar-refractivity contribution in [1.29, 1.82) is 0 Å². The standard InChI is InChI=1S/C27H32N2O5/c1-3-34-22-11-9-20(10-12-22)24-23(25(30)21-7-5-19(2)6-8-21)26(31)27(32)29(24)14-4-13-28-15-17-33-18-16-28/h5-12,24,30H,3-4,13-18H2,1-2H3. The molecule has 2 fully saturated rings. The van der Waals surface area contributed by atoms with E-state index < -0.39 is 17.7 Å². The largest absolute Gasteiger partial charge is 0.507 e. The van der Waals surface area contributed by atoms with Crippen LogP contribution in [0.3, 0.4) is 0 Å². The normalized spacial score (nSPS) is 20.6. The number of Topliss-reactive ketones (excluding diaryl/α,β-unsaturated/α-hetero) is 1. The fraction of sp³-hybridized carbons (Fsp3) is 0.407. The molecule has 1 N–H and O–H groups in total. The molecule has 1 unspecified atom stereocenters. The van der Waals surface area contributed by atoms with Crippen LogP contribution in [0.25, 0.3) is 5.76 Å². The molecule has 0 radical (unpaired) electrons. The van der Waals surface area contributed by atoms with E-state index in [-0.39, 0.29) is 11.3 Å². The van der Waals surface area contributed by atoms with Gasteiger partial charge in [0.15, 0.2) is 0 Å². The third kappa shape index (κ3) is 5.16. The number of carbonyl (C=O) groups excluding carboxylic acids is 2. The molecule has 2 aliphatic heterocycles. The Hall–Kier alpha value is -3.16. The van der Waals surface area contributed by atoms with E-state index in [1.54, 1.807) is 17.0 Å². The first-order chi connectivity index (χ1) is 16.5. The van der Waals surface area contributed by atoms with Gasteiger partial charge in [-0.15, -0.1) is 0 Å². The van der Waals surface area contributed by atoms with Crippen molar-refractivity contribution in [2.24, 2.45) is 0 Å². The van der Waals surface area contributed by atoms with Crippen molar-refractivity contribution in [3.8, 4) is 5.75 Å². The number of amides is 1. The molecule has 2 saturated heterocycles. The Morgan fingerprint density at radius 2 is 1.71 bits per heavy atom. The molecule has 2 aliphatic rings. The number of aryl methyl sites for hydroxylation is 1. The minimum Gasteiger partial charge on any atom is -0.507 e. The maximum Gasteiger partial charge on any atom is 0.295 e. The number of hydrogen-bond donors (Lipinski definition) is 1. The van der Waals surface area contributed by atoms with E-state index in [1.807, 2.05) is 50.2 Å². The lowest BCUT2D eigenvalue weighted by Crippen LogP contribution is -2.38. The van der Waals surface area contributed by atoms with E-state index in [4.69, 9.17) is 9.47 Å². The molecule has 34 heavy (non-hydrogen) atoms. The van der Waals surface area contributed by atoms with Gasteiger partial charge in [0.25, 0.3) is 11.7 Å². The van der Waals surface area contributed by atoms with Gasteiger partial charge in [-0.25, -0.2) is 0 Å². The first kappa shape index (κ1) is 24.0. The molecule has 7 heteroatoms. The van der Waals surface area contributed by atoms with Crippen molar-refractivity contribution in [1.82, 2.24) is 9.80 Å². The lowest BCUT2D eigenvalue weighted by molar-refractivity contribution is -0.140. The number of ketones is 1. The molecule has 0 saturated carbocycles. The second-order valence-electron chi connectivity index (χ2n) is 8.67. The highest BCUT2D eigenvalue weighted by atomic mass is 16.5. The van der Waals surface area contributed by atoms with Gasteiger partial charge in [0.1, 0.15) is 11.5 Å². The lowest BCUT2D eigenvalue weighted by Gasteiger charge is -2.29. The molecule has 1 amide bonds. The number of ether oxygens (including phenoxy) is 2. The summed E-state index contributed by atoms with van der Waals surface area (Å²) >= 11 is 0. The minimum atomic E-state index is -0.651. The fourth-order valence-electron chi connectivity index (χ4n) is 4.53. The number of hydrogen-bond acceptors (Lipinski definition) is 6. The summed E-state index contributed by atoms with van der Waals surface area (Å²) in [5, 5.41) is 11.2. The molecule has 1 atom stereocenters. The van der Waals surface area contributed by atoms with Crippen LogP contribution in [-0.4, -0.2) is 72.6 Å². The highest BCUT2D eigenvalue weighted by Gasteiger charge is 2.45. The Morgan fingerprint density at radius 1 is 1.03 bits per heavy atom. The molecule has 0 spiro atoms. The first-order valence-electron chi connectivity index (χ1n) is 11.9. The molecule has 2 aromatic rings. The van der Waals surface area contributed by atoms with Crippen LogP contribution in [-0.2, 0) is 14.3 Å². The van der Waals surface area contributed by atoms with Crippen LogP contribution < -0.4 is 4.74 Å². The Morgan fingerprint density at radius 3 is 2.35 bits per heavy atom. The van der Waals surface area contributed by atoms with E-state index >= 15 is 0 Å². The number of likely N-dealkylation sites (tertiary alicyclic amines) is 1. The maximum atomic E-state index is 13.2. The first-order valence-corrected chi connectivity index (χ1v) is 11.9. The number of benzene rings is 2. The van der Waals surface area contributed by atoms with E-state index in [9.17, 15) is 14.7 Å². The predicted molar refractivity (Wildman–Crippen MR) is 130 cm³/mol. The van der Waals surface area contributed by atoms with Crippen LogP contribution in [0.5, 0.6) is 5.75 Å². The third-order valence-electron chi connectivity index (χ3n) is 6.35. The number of carbonyl (C=O) groups is 2. The third-order valence-corrected chi connectivity index (χ3v) is 6.35. The van der Waals surface area contributed by atoms with Gasteiger partial charge in [0.2, 0.25) is 0 Å². The summed E-state index contributed by atoms with van der Waals surface area (Å²) in [6.45, 7) is 8.83. The number of aliphatic hydroxyl groups is 1. The maximum absolute atomic E-state index is 13.2. The summed E-state index contributed by atoms with van der Waals surface area (Å²) in [6.07, 6.45) is 0.727. The Labute approximate surface area is 200 Å². The van der Waals surface area contributed by atoms with Crippen LogP contribution in [0.1, 0.15) is 36.1 Å². The Bertz CT molecular complexity index is 1040. The molecule has 180 valence electrons. The number of aliphatic hydroxyl groups excluding tert-OH is 1. The summed E-state index contributed by atoms with van der Waals surface area (Å²) in [4.78, 5) is 30.2. The van der Waals surface area contributed by atoms with Gasteiger partial charge in [-0.05, 0) is 38.0 Å². The fourth-order valence-corrected chi connectivity index (χ4v) is 4.53. The van der Waals surface area contributed by atoms with Gasteiger partial charge in [-0.2, -0.15) is 0 Å². The van der Waals surface area contributed by atoms with Crippen molar-refractivity contribution < 1.29 is 24.2 Å². The zero-order chi connectivity index (χ0) is 24.1. The van der Waals surface area contributed by atoms with Crippen molar-refractivity contribution in [3.63, 3.8) is 0 Å². The quantitative estimate of drug-likeness (QED) is 0.366. The predicted octanol–water partition coefficient (Wildman–Crippen LogP) is 3.54. The minimum absolute atomic E-state index is 0.129. The Kier molecular flexibility index (Phi) is 7.65. The summed E-state index contributed by atoms with van der Waals surface area (Å²) < 4.78 is 11.0. The number of rotatable bonds is 8. The van der Waals surface area contributed by atoms with E-state index in [0.717, 1.165) is 37.2 Å². The zero-order valence-electron chi connectivity index (χ0n) is 19.8. The topological polar surface area (TPSA) is 79.3 Å². The summed E-state index contributed by atoms with van der Waals surface area (Å²) in [6, 6.07) is 14.0. The molecule has 0 bridgehead atoms. The van der Waals surface area contributed by atoms with Gasteiger partial charge >= 0.3 is 0 Å². The molecule has 4 rings (SSSR count). The summed E-state index contributed by atoms with van der Waals surface area (Å²) in [7, 11) is 0. The highest BCUT2D eigenvalue weighted by molar-refractivity contribution is 6.46. The molecule has 2 heterocycles. The van der Waals surface area contributed by atoms with Gasteiger partial charge in [-0.1, -0.05) is 42.0 Å². The second kappa shape index (κ2) is 10.8. The average Bonchev–Trinajstić information content (AvgIpc) is 3.10. The van der Waals surface area contributed by atoms with E-state index in [0.29, 0.717) is 37.7 Å². The van der Waals surface area contributed by atoms with Crippen molar-refractivity contribution in [3.05, 3.63) is 70.8 Å². The van der Waals surface area contributed by atoms with Crippen LogP contribution in [0.15, 0.2) is 54.1 Å². The number of nitrogens with zero attached hydrogens (tertiary/aromatic N) is 2. The van der Waals surface area contributed by atoms with Gasteiger partial charge in [0.05, 0.1) is 31.4 Å². The number of morpholine rings is 1. The highest BCUT2D eigenvalue weighted by Crippen LogP contribution is 2.40. The van der Waals surface area contributed by atoms with Gasteiger partial charge in [0, 0.05) is 31.7 Å². The Balaban J connectivity index is 1.66. The van der Waals surface area contributed by atoms with Crippen LogP contribution >= 0.6 is 0 Å². The summed E-state index contributed by atoms with van der Waals surface area (Å²) in [5.41, 5.74) is 2.46. The monoisotopic (exact) mass is 464 g/mol. The van der Waals surface area contributed by atoms with Crippen molar-refractivity contribution in [2.45, 2.75) is 26.3 Å². The van der Waals surface area contributed by atoms with Crippen molar-refractivity contribution >= 4 is 17.4 Å². The summed E-state index contributed by atoms with van der Waals surface area (Å²) in [5.74, 6) is -0.653. The molecular weight excluding hydrogens is 432 g/mol. The van der Waals surface area contributed by atoms with Crippen LogP contribution in [0.4, 0.5) is 0 Å². The average molecular weight is 465 g/mol. The molecule has 0 aliphatic carbocycles. The molecule has 2 aromatic carbocycles. The van der Waals surface area contributed by atoms with Gasteiger partial charge in [-0.3, -0.25) is 14.5 Å². The van der Waals surface area contributed by atoms with Crippen LogP contribution in [0.2, 0.25) is 0 Å². The zero-order valence-corrected chi connectivity index (χ0v) is 19.8. The molecule has 7 nitrogen and oxygen atoms in total. The van der Waals surface area contributed by atoms with Gasteiger partial charge < -0.3 is 19.5 Å². The molecule has 0 aromatic heterocycles. The van der Waals surface area contributed by atoms with Crippen LogP contribution in [0, 0.1) is 6.92 Å². The molecular formula is C27H32N2O5. The van der Waals surface area contributed by atoms with E-state index in [2.05, 4.69) is 4.90 Å². The van der Waals surface area contributed by atoms with E-state index in [1.165, 1.54) is 0 Å². The lowest BCUT2D eigenvalue weighted by atomic mass is 9.95. The smallest absolute Gasteiger partial charge is 0.295 e.